The van der Waals surface area contributed by atoms with Gasteiger partial charge in [0.1, 0.15) is 0 Å². The second-order valence-corrected chi connectivity index (χ2v) is 24.6. The highest BCUT2D eigenvalue weighted by Crippen LogP contribution is 2.19. The maximum atomic E-state index is 12.5. The lowest BCUT2D eigenvalue weighted by molar-refractivity contribution is -0.143. The van der Waals surface area contributed by atoms with Gasteiger partial charge < -0.3 is 20.3 Å². The molecule has 2 atom stereocenters. The zero-order valence-electron chi connectivity index (χ0n) is 52.9. The minimum absolute atomic E-state index is 0.0143. The summed E-state index contributed by atoms with van der Waals surface area (Å²) in [5, 5.41) is 23.4. The van der Waals surface area contributed by atoms with E-state index in [1.165, 1.54) is 321 Å². The van der Waals surface area contributed by atoms with Gasteiger partial charge in [-0.2, -0.15) is 0 Å². The molecule has 0 saturated carbocycles. The molecule has 0 aliphatic rings. The van der Waals surface area contributed by atoms with Crippen molar-refractivity contribution >= 4 is 11.9 Å². The molecule has 78 heavy (non-hydrogen) atoms. The molecule has 462 valence electrons. The number of hydrogen-bond acceptors (Lipinski definition) is 5. The number of ether oxygens (including phenoxy) is 1. The van der Waals surface area contributed by atoms with Gasteiger partial charge in [0.05, 0.1) is 25.4 Å². The smallest absolute Gasteiger partial charge is 0.305 e. The molecule has 3 N–H and O–H groups in total. The average molecular weight is 1100 g/mol. The summed E-state index contributed by atoms with van der Waals surface area (Å²) in [5.41, 5.74) is 0. The predicted molar refractivity (Wildman–Crippen MR) is 343 cm³/mol. The monoisotopic (exact) mass is 1100 g/mol. The first-order valence-corrected chi connectivity index (χ1v) is 35.6. The number of esters is 1. The van der Waals surface area contributed by atoms with E-state index in [0.29, 0.717) is 25.9 Å². The summed E-state index contributed by atoms with van der Waals surface area (Å²) in [4.78, 5) is 24.6. The van der Waals surface area contributed by atoms with Crippen molar-refractivity contribution in [2.45, 2.75) is 411 Å². The summed E-state index contributed by atoms with van der Waals surface area (Å²) in [6.45, 7) is 4.99. The van der Waals surface area contributed by atoms with Crippen LogP contribution in [0.2, 0.25) is 0 Å². The van der Waals surface area contributed by atoms with Gasteiger partial charge in [0, 0.05) is 12.8 Å². The van der Waals surface area contributed by atoms with Crippen LogP contribution in [0.15, 0.2) is 24.3 Å². The third-order valence-electron chi connectivity index (χ3n) is 16.8. The average Bonchev–Trinajstić information content (AvgIpc) is 3.44. The van der Waals surface area contributed by atoms with Crippen LogP contribution in [0.5, 0.6) is 0 Å². The Balaban J connectivity index is 3.40. The van der Waals surface area contributed by atoms with Gasteiger partial charge in [-0.05, 0) is 57.8 Å². The summed E-state index contributed by atoms with van der Waals surface area (Å²) in [6, 6.07) is -0.543. The van der Waals surface area contributed by atoms with E-state index in [1.54, 1.807) is 0 Å². The van der Waals surface area contributed by atoms with Crippen molar-refractivity contribution in [2.75, 3.05) is 13.2 Å². The number of carbonyl (C=O) groups is 2. The lowest BCUT2D eigenvalue weighted by Gasteiger charge is -2.22. The lowest BCUT2D eigenvalue weighted by atomic mass is 10.0. The second-order valence-electron chi connectivity index (χ2n) is 24.6. The van der Waals surface area contributed by atoms with E-state index in [-0.39, 0.29) is 18.5 Å². The van der Waals surface area contributed by atoms with E-state index in [2.05, 4.69) is 43.5 Å². The third-order valence-corrected chi connectivity index (χ3v) is 16.8. The van der Waals surface area contributed by atoms with Crippen LogP contribution in [-0.2, 0) is 14.3 Å². The van der Waals surface area contributed by atoms with Gasteiger partial charge in [-0.15, -0.1) is 0 Å². The largest absolute Gasteiger partial charge is 0.466 e. The molecule has 2 unspecified atom stereocenters. The predicted octanol–water partition coefficient (Wildman–Crippen LogP) is 22.9. The Hall–Kier alpha value is -1.66. The molecule has 6 heteroatoms. The van der Waals surface area contributed by atoms with Crippen LogP contribution < -0.4 is 5.32 Å². The fourth-order valence-corrected chi connectivity index (χ4v) is 11.3. The molecule has 1 amide bonds. The van der Waals surface area contributed by atoms with Crippen molar-refractivity contribution in [3.05, 3.63) is 24.3 Å². The topological polar surface area (TPSA) is 95.9 Å². The zero-order valence-corrected chi connectivity index (χ0v) is 52.9. The highest BCUT2D eigenvalue weighted by molar-refractivity contribution is 5.76. The molecule has 0 rings (SSSR count). The SMILES string of the molecule is CCCCCCCCCCCCCCCCCCCCCC(O)C(CO)NC(=O)CCCCCCCCCCCCCCC/C=C\C/C=C\CCCCCCCCCCCOC(=O)CCCCCCCCCCCCCCC. The molecule has 0 bridgehead atoms. The van der Waals surface area contributed by atoms with Gasteiger partial charge in [0.25, 0.3) is 0 Å². The molecular formula is C72H139NO5. The fourth-order valence-electron chi connectivity index (χ4n) is 11.3. The van der Waals surface area contributed by atoms with Crippen molar-refractivity contribution in [2.24, 2.45) is 0 Å². The van der Waals surface area contributed by atoms with Crippen LogP contribution in [0.3, 0.4) is 0 Å². The van der Waals surface area contributed by atoms with Crippen molar-refractivity contribution in [3.8, 4) is 0 Å². The fraction of sp³-hybridized carbons (Fsp3) is 0.917. The first-order chi connectivity index (χ1) is 38.5. The minimum atomic E-state index is -0.665. The molecule has 0 aromatic heterocycles. The van der Waals surface area contributed by atoms with Gasteiger partial charge >= 0.3 is 5.97 Å². The van der Waals surface area contributed by atoms with E-state index in [1.807, 2.05) is 0 Å². The molecule has 0 radical (unpaired) electrons. The number of amides is 1. The highest BCUT2D eigenvalue weighted by atomic mass is 16.5. The Labute approximate surface area is 488 Å². The summed E-state index contributed by atoms with van der Waals surface area (Å²) in [5.74, 6) is -0.0176. The van der Waals surface area contributed by atoms with E-state index in [9.17, 15) is 19.8 Å². The quantitative estimate of drug-likeness (QED) is 0.0320. The minimum Gasteiger partial charge on any atom is -0.466 e. The Morgan fingerprint density at radius 1 is 0.359 bits per heavy atom. The first kappa shape index (κ1) is 76.3. The number of hydrogen-bond donors (Lipinski definition) is 3. The van der Waals surface area contributed by atoms with Crippen molar-refractivity contribution in [1.82, 2.24) is 5.32 Å². The van der Waals surface area contributed by atoms with Gasteiger partial charge in [-0.3, -0.25) is 9.59 Å². The van der Waals surface area contributed by atoms with E-state index in [4.69, 9.17) is 4.74 Å². The summed E-state index contributed by atoms with van der Waals surface area (Å²) in [7, 11) is 0. The number of nitrogens with one attached hydrogen (secondary N) is 1. The first-order valence-electron chi connectivity index (χ1n) is 35.6. The van der Waals surface area contributed by atoms with Crippen molar-refractivity contribution < 1.29 is 24.5 Å². The summed E-state index contributed by atoms with van der Waals surface area (Å²) in [6.07, 6.45) is 85.1. The summed E-state index contributed by atoms with van der Waals surface area (Å²) >= 11 is 0. The highest BCUT2D eigenvalue weighted by Gasteiger charge is 2.20. The maximum Gasteiger partial charge on any atom is 0.305 e. The Morgan fingerprint density at radius 2 is 0.641 bits per heavy atom. The molecule has 0 aliphatic carbocycles. The van der Waals surface area contributed by atoms with Crippen LogP contribution in [-0.4, -0.2) is 47.4 Å². The number of aliphatic hydroxyl groups is 2. The number of allylic oxidation sites excluding steroid dienone is 4. The van der Waals surface area contributed by atoms with Gasteiger partial charge in [0.15, 0.2) is 0 Å². The van der Waals surface area contributed by atoms with Crippen molar-refractivity contribution in [3.63, 3.8) is 0 Å². The maximum absolute atomic E-state index is 12.5. The molecule has 0 aliphatic heterocycles. The van der Waals surface area contributed by atoms with Crippen LogP contribution in [0.1, 0.15) is 399 Å². The van der Waals surface area contributed by atoms with Gasteiger partial charge in [-0.1, -0.05) is 353 Å². The van der Waals surface area contributed by atoms with Crippen LogP contribution in [0, 0.1) is 0 Å². The Kier molecular flexibility index (Phi) is 66.4. The molecule has 0 saturated heterocycles. The van der Waals surface area contributed by atoms with Gasteiger partial charge in [-0.25, -0.2) is 0 Å². The number of carbonyl (C=O) groups excluding carboxylic acids is 2. The van der Waals surface area contributed by atoms with Gasteiger partial charge in [0.2, 0.25) is 5.91 Å². The second kappa shape index (κ2) is 67.8. The summed E-state index contributed by atoms with van der Waals surface area (Å²) < 4.78 is 5.48. The lowest BCUT2D eigenvalue weighted by Crippen LogP contribution is -2.45. The van der Waals surface area contributed by atoms with E-state index >= 15 is 0 Å². The zero-order chi connectivity index (χ0) is 56.4. The molecule has 0 heterocycles. The number of aliphatic hydroxyl groups excluding tert-OH is 2. The standard InChI is InChI=1S/C72H139NO5/c1-3-5-7-9-11-13-15-17-18-19-31-34-37-41-44-48-52-56-60-64-70(75)69(68-74)73-71(76)65-61-57-53-49-45-42-38-35-32-29-27-25-23-21-20-22-24-26-28-30-33-36-39-43-47-51-55-59-63-67-78-72(77)66-62-58-54-50-46-40-16-14-12-10-8-6-4-2/h20,22,26,28,69-70,74-75H,3-19,21,23-25,27,29-68H2,1-2H3,(H,73,76)/b22-20-,28-26-. The molecule has 0 aromatic rings. The number of rotatable bonds is 67. The Morgan fingerprint density at radius 3 is 0.974 bits per heavy atom. The molecule has 0 aromatic carbocycles. The molecule has 6 nitrogen and oxygen atoms in total. The van der Waals surface area contributed by atoms with Crippen LogP contribution in [0.25, 0.3) is 0 Å². The van der Waals surface area contributed by atoms with Crippen LogP contribution in [0.4, 0.5) is 0 Å². The van der Waals surface area contributed by atoms with Crippen molar-refractivity contribution in [1.29, 1.82) is 0 Å². The molecule has 0 spiro atoms. The Bertz CT molecular complexity index is 1220. The molecule has 0 fully saturated rings. The van der Waals surface area contributed by atoms with Crippen LogP contribution >= 0.6 is 0 Å². The third kappa shape index (κ3) is 63.5. The van der Waals surface area contributed by atoms with E-state index in [0.717, 1.165) is 44.9 Å². The molecular weight excluding hydrogens is 959 g/mol. The normalized spacial score (nSPS) is 12.6. The van der Waals surface area contributed by atoms with E-state index < -0.39 is 12.1 Å². The number of unbranched alkanes of at least 4 members (excludes halogenated alkanes) is 52.